The summed E-state index contributed by atoms with van der Waals surface area (Å²) in [6.45, 7) is 1.18. The van der Waals surface area contributed by atoms with Crippen LogP contribution in [0, 0.1) is 11.9 Å². The van der Waals surface area contributed by atoms with Crippen molar-refractivity contribution in [2.24, 2.45) is 5.92 Å². The standard InChI is InChI=1S/C13H16FN3O2/c1-15-12(18)6-9-4-5-17(8-9)13(19)10-2-3-11(14)16-7-10/h2-3,7,9H,4-6,8H2,1H3,(H,15,18)/t9-/m0/s1. The van der Waals surface area contributed by atoms with Crippen molar-refractivity contribution in [1.82, 2.24) is 15.2 Å². The van der Waals surface area contributed by atoms with Crippen LogP contribution in [0.25, 0.3) is 0 Å². The van der Waals surface area contributed by atoms with Gasteiger partial charge in [0.05, 0.1) is 5.56 Å². The molecule has 0 radical (unpaired) electrons. The largest absolute Gasteiger partial charge is 0.359 e. The molecule has 102 valence electrons. The highest BCUT2D eigenvalue weighted by molar-refractivity contribution is 5.94. The molecule has 1 aliphatic rings. The summed E-state index contributed by atoms with van der Waals surface area (Å²) in [4.78, 5) is 28.6. The Labute approximate surface area is 110 Å². The molecular weight excluding hydrogens is 249 g/mol. The summed E-state index contributed by atoms with van der Waals surface area (Å²) in [7, 11) is 1.60. The van der Waals surface area contributed by atoms with Gasteiger partial charge in [-0.05, 0) is 24.5 Å². The van der Waals surface area contributed by atoms with Crippen molar-refractivity contribution in [2.75, 3.05) is 20.1 Å². The van der Waals surface area contributed by atoms with E-state index in [2.05, 4.69) is 10.3 Å². The van der Waals surface area contributed by atoms with Gasteiger partial charge >= 0.3 is 0 Å². The van der Waals surface area contributed by atoms with E-state index in [1.165, 1.54) is 18.3 Å². The van der Waals surface area contributed by atoms with Crippen molar-refractivity contribution < 1.29 is 14.0 Å². The van der Waals surface area contributed by atoms with Crippen LogP contribution in [-0.4, -0.2) is 41.8 Å². The molecule has 1 fully saturated rings. The van der Waals surface area contributed by atoms with E-state index in [4.69, 9.17) is 0 Å². The molecule has 0 aromatic carbocycles. The number of rotatable bonds is 3. The van der Waals surface area contributed by atoms with Gasteiger partial charge in [-0.15, -0.1) is 0 Å². The molecule has 2 heterocycles. The number of pyridine rings is 1. The molecule has 0 unspecified atom stereocenters. The fourth-order valence-electron chi connectivity index (χ4n) is 2.23. The summed E-state index contributed by atoms with van der Waals surface area (Å²) < 4.78 is 12.7. The number of hydrogen-bond acceptors (Lipinski definition) is 3. The van der Waals surface area contributed by atoms with Crippen molar-refractivity contribution in [3.8, 4) is 0 Å². The van der Waals surface area contributed by atoms with Gasteiger partial charge in [0.25, 0.3) is 5.91 Å². The smallest absolute Gasteiger partial charge is 0.255 e. The average molecular weight is 265 g/mol. The Morgan fingerprint density at radius 1 is 1.53 bits per heavy atom. The van der Waals surface area contributed by atoms with Crippen LogP contribution in [0.1, 0.15) is 23.2 Å². The number of carbonyl (C=O) groups excluding carboxylic acids is 2. The molecule has 0 aliphatic carbocycles. The van der Waals surface area contributed by atoms with Crippen LogP contribution in [-0.2, 0) is 4.79 Å². The van der Waals surface area contributed by atoms with Crippen LogP contribution in [0.2, 0.25) is 0 Å². The fraction of sp³-hybridized carbons (Fsp3) is 0.462. The van der Waals surface area contributed by atoms with Crippen LogP contribution in [0.15, 0.2) is 18.3 Å². The molecule has 1 aromatic heterocycles. The van der Waals surface area contributed by atoms with E-state index in [0.29, 0.717) is 25.1 Å². The number of likely N-dealkylation sites (tertiary alicyclic amines) is 1. The zero-order valence-corrected chi connectivity index (χ0v) is 10.7. The summed E-state index contributed by atoms with van der Waals surface area (Å²) in [5.41, 5.74) is 0.377. The topological polar surface area (TPSA) is 62.3 Å². The highest BCUT2D eigenvalue weighted by Gasteiger charge is 2.28. The Hall–Kier alpha value is -1.98. The van der Waals surface area contributed by atoms with Crippen molar-refractivity contribution in [1.29, 1.82) is 0 Å². The second-order valence-corrected chi connectivity index (χ2v) is 4.65. The summed E-state index contributed by atoms with van der Waals surface area (Å²) in [6.07, 6.45) is 2.49. The summed E-state index contributed by atoms with van der Waals surface area (Å²) in [5, 5.41) is 2.58. The Morgan fingerprint density at radius 3 is 2.95 bits per heavy atom. The molecule has 2 amide bonds. The van der Waals surface area contributed by atoms with Gasteiger partial charge in [-0.3, -0.25) is 9.59 Å². The number of amides is 2. The molecule has 2 rings (SSSR count). The monoisotopic (exact) mass is 265 g/mol. The number of aromatic nitrogens is 1. The maximum absolute atomic E-state index is 12.7. The predicted octanol–water partition coefficient (Wildman–Crippen LogP) is 0.819. The molecular formula is C13H16FN3O2. The van der Waals surface area contributed by atoms with Crippen LogP contribution in [0.3, 0.4) is 0 Å². The second kappa shape index (κ2) is 5.77. The Bertz CT molecular complexity index is 475. The summed E-state index contributed by atoms with van der Waals surface area (Å²) >= 11 is 0. The van der Waals surface area contributed by atoms with E-state index in [0.717, 1.165) is 6.42 Å². The molecule has 0 bridgehead atoms. The van der Waals surface area contributed by atoms with E-state index in [-0.39, 0.29) is 17.7 Å². The molecule has 0 spiro atoms. The van der Waals surface area contributed by atoms with Gasteiger partial charge < -0.3 is 10.2 Å². The summed E-state index contributed by atoms with van der Waals surface area (Å²) in [6, 6.07) is 2.60. The average Bonchev–Trinajstić information content (AvgIpc) is 2.87. The fourth-order valence-corrected chi connectivity index (χ4v) is 2.23. The van der Waals surface area contributed by atoms with Gasteiger partial charge in [-0.1, -0.05) is 0 Å². The zero-order chi connectivity index (χ0) is 13.8. The first-order valence-corrected chi connectivity index (χ1v) is 6.21. The van der Waals surface area contributed by atoms with Crippen molar-refractivity contribution in [3.63, 3.8) is 0 Å². The Balaban J connectivity index is 1.95. The summed E-state index contributed by atoms with van der Waals surface area (Å²) in [5.74, 6) is -0.581. The van der Waals surface area contributed by atoms with Crippen molar-refractivity contribution in [3.05, 3.63) is 29.8 Å². The highest BCUT2D eigenvalue weighted by Crippen LogP contribution is 2.21. The lowest BCUT2D eigenvalue weighted by Gasteiger charge is -2.16. The van der Waals surface area contributed by atoms with E-state index >= 15 is 0 Å². The van der Waals surface area contributed by atoms with Crippen LogP contribution >= 0.6 is 0 Å². The number of nitrogens with zero attached hydrogens (tertiary/aromatic N) is 2. The molecule has 1 aromatic rings. The minimum absolute atomic E-state index is 0.0113. The first-order valence-electron chi connectivity index (χ1n) is 6.21. The Morgan fingerprint density at radius 2 is 2.32 bits per heavy atom. The van der Waals surface area contributed by atoms with Crippen LogP contribution < -0.4 is 5.32 Å². The third kappa shape index (κ3) is 3.27. The SMILES string of the molecule is CNC(=O)C[C@@H]1CCN(C(=O)c2ccc(F)nc2)C1. The predicted molar refractivity (Wildman–Crippen MR) is 66.9 cm³/mol. The minimum Gasteiger partial charge on any atom is -0.359 e. The second-order valence-electron chi connectivity index (χ2n) is 4.65. The normalized spacial score (nSPS) is 18.4. The third-order valence-electron chi connectivity index (χ3n) is 3.30. The number of carbonyl (C=O) groups is 2. The van der Waals surface area contributed by atoms with Gasteiger partial charge in [-0.2, -0.15) is 4.39 Å². The number of hydrogen-bond donors (Lipinski definition) is 1. The quantitative estimate of drug-likeness (QED) is 0.823. The maximum atomic E-state index is 12.7. The van der Waals surface area contributed by atoms with Gasteiger partial charge in [0.1, 0.15) is 0 Å². The lowest BCUT2D eigenvalue weighted by molar-refractivity contribution is -0.121. The van der Waals surface area contributed by atoms with Crippen LogP contribution in [0.4, 0.5) is 4.39 Å². The van der Waals surface area contributed by atoms with E-state index < -0.39 is 5.95 Å². The lowest BCUT2D eigenvalue weighted by Crippen LogP contribution is -2.29. The molecule has 1 atom stereocenters. The molecule has 0 saturated carbocycles. The van der Waals surface area contributed by atoms with E-state index in [1.807, 2.05) is 0 Å². The maximum Gasteiger partial charge on any atom is 0.255 e. The van der Waals surface area contributed by atoms with E-state index in [1.54, 1.807) is 11.9 Å². The lowest BCUT2D eigenvalue weighted by atomic mass is 10.0. The first kappa shape index (κ1) is 13.5. The first-order chi connectivity index (χ1) is 9.10. The van der Waals surface area contributed by atoms with E-state index in [9.17, 15) is 14.0 Å². The Kier molecular flexibility index (Phi) is 4.09. The number of halogens is 1. The molecule has 1 saturated heterocycles. The van der Waals surface area contributed by atoms with Gasteiger partial charge in [0, 0.05) is 32.8 Å². The minimum atomic E-state index is -0.601. The van der Waals surface area contributed by atoms with Gasteiger partial charge in [0.15, 0.2) is 0 Å². The zero-order valence-electron chi connectivity index (χ0n) is 10.7. The van der Waals surface area contributed by atoms with Crippen molar-refractivity contribution >= 4 is 11.8 Å². The van der Waals surface area contributed by atoms with Crippen LogP contribution in [0.5, 0.6) is 0 Å². The molecule has 5 nitrogen and oxygen atoms in total. The van der Waals surface area contributed by atoms with Crippen molar-refractivity contribution in [2.45, 2.75) is 12.8 Å². The van der Waals surface area contributed by atoms with Gasteiger partial charge in [0.2, 0.25) is 11.9 Å². The third-order valence-corrected chi connectivity index (χ3v) is 3.30. The molecule has 6 heteroatoms. The number of nitrogens with one attached hydrogen (secondary N) is 1. The molecule has 1 N–H and O–H groups in total. The van der Waals surface area contributed by atoms with Gasteiger partial charge in [-0.25, -0.2) is 4.98 Å². The highest BCUT2D eigenvalue weighted by atomic mass is 19.1. The molecule has 1 aliphatic heterocycles. The molecule has 19 heavy (non-hydrogen) atoms.